The van der Waals surface area contributed by atoms with E-state index in [0.29, 0.717) is 22.3 Å². The van der Waals surface area contributed by atoms with Crippen LogP contribution in [0.15, 0.2) is 23.3 Å². The topological polar surface area (TPSA) is 71.8 Å². The lowest BCUT2D eigenvalue weighted by Gasteiger charge is -1.97. The zero-order valence-corrected chi connectivity index (χ0v) is 11.0. The van der Waals surface area contributed by atoms with E-state index in [9.17, 15) is 4.79 Å². The Bertz CT molecular complexity index is 503. The SMILES string of the molecule is C=N/C=C(\C=C/C)c1nc(C(=O)O)c(OCC)s1. The number of hydrogen-bond acceptors (Lipinski definition) is 5. The van der Waals surface area contributed by atoms with Gasteiger partial charge in [-0.25, -0.2) is 9.78 Å². The third-order valence-electron chi connectivity index (χ3n) is 1.90. The number of rotatable bonds is 6. The van der Waals surface area contributed by atoms with Crippen LogP contribution in [-0.2, 0) is 0 Å². The van der Waals surface area contributed by atoms with Crippen molar-refractivity contribution < 1.29 is 14.6 Å². The van der Waals surface area contributed by atoms with Gasteiger partial charge in [-0.3, -0.25) is 4.99 Å². The highest BCUT2D eigenvalue weighted by molar-refractivity contribution is 7.15. The Kier molecular flexibility index (Phi) is 5.26. The highest BCUT2D eigenvalue weighted by atomic mass is 32.1. The predicted molar refractivity (Wildman–Crippen MR) is 72.6 cm³/mol. The maximum atomic E-state index is 11.0. The minimum absolute atomic E-state index is 0.0729. The van der Waals surface area contributed by atoms with Crippen molar-refractivity contribution in [3.05, 3.63) is 29.1 Å². The van der Waals surface area contributed by atoms with Gasteiger partial charge in [0.25, 0.3) is 0 Å². The third-order valence-corrected chi connectivity index (χ3v) is 2.91. The van der Waals surface area contributed by atoms with E-state index in [-0.39, 0.29) is 5.69 Å². The molecule has 0 bridgehead atoms. The Labute approximate surface area is 109 Å². The molecule has 1 N–H and O–H groups in total. The van der Waals surface area contributed by atoms with E-state index in [1.54, 1.807) is 13.0 Å². The smallest absolute Gasteiger partial charge is 0.359 e. The number of carboxylic acid groups (broad SMARTS) is 1. The molecule has 5 nitrogen and oxygen atoms in total. The fourth-order valence-corrected chi connectivity index (χ4v) is 2.20. The molecule has 6 heteroatoms. The highest BCUT2D eigenvalue weighted by Gasteiger charge is 2.19. The van der Waals surface area contributed by atoms with Crippen LogP contribution in [0.2, 0.25) is 0 Å². The number of hydrogen-bond donors (Lipinski definition) is 1. The summed E-state index contributed by atoms with van der Waals surface area (Å²) >= 11 is 1.18. The highest BCUT2D eigenvalue weighted by Crippen LogP contribution is 2.32. The summed E-state index contributed by atoms with van der Waals surface area (Å²) in [7, 11) is 0. The third kappa shape index (κ3) is 3.27. The maximum Gasteiger partial charge on any atom is 0.359 e. The van der Waals surface area contributed by atoms with Crippen molar-refractivity contribution in [2.75, 3.05) is 6.61 Å². The van der Waals surface area contributed by atoms with Gasteiger partial charge in [-0.05, 0) is 20.6 Å². The summed E-state index contributed by atoms with van der Waals surface area (Å²) in [4.78, 5) is 18.8. The van der Waals surface area contributed by atoms with Gasteiger partial charge in [0.15, 0.2) is 0 Å². The number of nitrogens with zero attached hydrogens (tertiary/aromatic N) is 2. The van der Waals surface area contributed by atoms with Gasteiger partial charge in [0.1, 0.15) is 5.01 Å². The fraction of sp³-hybridized carbons (Fsp3) is 0.250. The van der Waals surface area contributed by atoms with Crippen molar-refractivity contribution in [2.45, 2.75) is 13.8 Å². The molecule has 96 valence electrons. The Morgan fingerprint density at radius 3 is 2.89 bits per heavy atom. The van der Waals surface area contributed by atoms with Gasteiger partial charge in [0.05, 0.1) is 6.61 Å². The molecule has 0 aliphatic carbocycles. The van der Waals surface area contributed by atoms with E-state index < -0.39 is 5.97 Å². The molecule has 0 spiro atoms. The van der Waals surface area contributed by atoms with Crippen LogP contribution in [0, 0.1) is 0 Å². The Morgan fingerprint density at radius 2 is 2.39 bits per heavy atom. The summed E-state index contributed by atoms with van der Waals surface area (Å²) in [6.07, 6.45) is 5.13. The average molecular weight is 266 g/mol. The molecule has 0 aliphatic rings. The molecule has 0 atom stereocenters. The monoisotopic (exact) mass is 266 g/mol. The van der Waals surface area contributed by atoms with E-state index >= 15 is 0 Å². The molecule has 1 aromatic heterocycles. The molecule has 0 saturated carbocycles. The lowest BCUT2D eigenvalue weighted by Crippen LogP contribution is -2.01. The van der Waals surface area contributed by atoms with Crippen molar-refractivity contribution in [3.8, 4) is 5.06 Å². The molecule has 1 rings (SSSR count). The second kappa shape index (κ2) is 6.70. The van der Waals surface area contributed by atoms with Crippen LogP contribution in [0.4, 0.5) is 0 Å². The van der Waals surface area contributed by atoms with E-state index in [4.69, 9.17) is 9.84 Å². The van der Waals surface area contributed by atoms with Crippen LogP contribution in [0.5, 0.6) is 5.06 Å². The Hall–Kier alpha value is -1.95. The van der Waals surface area contributed by atoms with Gasteiger partial charge in [-0.1, -0.05) is 23.5 Å². The van der Waals surface area contributed by atoms with Gasteiger partial charge >= 0.3 is 5.97 Å². The summed E-state index contributed by atoms with van der Waals surface area (Å²) in [6.45, 7) is 7.42. The first kappa shape index (κ1) is 14.1. The first-order valence-electron chi connectivity index (χ1n) is 5.30. The average Bonchev–Trinajstić information content (AvgIpc) is 2.73. The predicted octanol–water partition coefficient (Wildman–Crippen LogP) is 2.86. The molecule has 0 unspecified atom stereocenters. The molecule has 18 heavy (non-hydrogen) atoms. The van der Waals surface area contributed by atoms with Gasteiger partial charge in [-0.15, -0.1) is 0 Å². The molecule has 0 saturated heterocycles. The number of aliphatic imine (C=N–C) groups is 1. The van der Waals surface area contributed by atoms with E-state index in [1.165, 1.54) is 17.5 Å². The van der Waals surface area contributed by atoms with Crippen LogP contribution in [0.25, 0.3) is 5.57 Å². The van der Waals surface area contributed by atoms with Crippen molar-refractivity contribution >= 4 is 29.6 Å². The van der Waals surface area contributed by atoms with Gasteiger partial charge < -0.3 is 9.84 Å². The Morgan fingerprint density at radius 1 is 1.67 bits per heavy atom. The molecular weight excluding hydrogens is 252 g/mol. The molecule has 1 aromatic rings. The molecule has 0 aliphatic heterocycles. The van der Waals surface area contributed by atoms with E-state index in [1.807, 2.05) is 13.0 Å². The fourth-order valence-electron chi connectivity index (χ4n) is 1.24. The van der Waals surface area contributed by atoms with Crippen LogP contribution >= 0.6 is 11.3 Å². The molecule has 0 radical (unpaired) electrons. The van der Waals surface area contributed by atoms with Crippen molar-refractivity contribution in [1.29, 1.82) is 0 Å². The van der Waals surface area contributed by atoms with Crippen LogP contribution in [0.1, 0.15) is 29.3 Å². The van der Waals surface area contributed by atoms with Gasteiger partial charge in [0, 0.05) is 11.8 Å². The number of aromatic carboxylic acids is 1. The number of ether oxygens (including phenoxy) is 1. The normalized spacial score (nSPS) is 11.8. The quantitative estimate of drug-likeness (QED) is 0.634. The Balaban J connectivity index is 3.24. The second-order valence-electron chi connectivity index (χ2n) is 3.16. The zero-order valence-electron chi connectivity index (χ0n) is 10.2. The van der Waals surface area contributed by atoms with Crippen molar-refractivity contribution in [3.63, 3.8) is 0 Å². The molecule has 1 heterocycles. The van der Waals surface area contributed by atoms with Crippen LogP contribution < -0.4 is 4.74 Å². The first-order valence-corrected chi connectivity index (χ1v) is 6.11. The summed E-state index contributed by atoms with van der Waals surface area (Å²) in [5.74, 6) is -1.10. The number of allylic oxidation sites excluding steroid dienone is 3. The number of aromatic nitrogens is 1. The summed E-state index contributed by atoms with van der Waals surface area (Å²) in [6, 6.07) is 0. The van der Waals surface area contributed by atoms with Crippen LogP contribution in [0.3, 0.4) is 0 Å². The molecule has 0 amide bonds. The van der Waals surface area contributed by atoms with Gasteiger partial charge in [0.2, 0.25) is 10.8 Å². The summed E-state index contributed by atoms with van der Waals surface area (Å²) < 4.78 is 5.26. The maximum absolute atomic E-state index is 11.0. The lowest BCUT2D eigenvalue weighted by atomic mass is 10.3. The number of thiazole rings is 1. The minimum Gasteiger partial charge on any atom is -0.482 e. The standard InChI is InChI=1S/C12H14N2O3S/c1-4-6-8(7-13-3)10-14-9(11(15)16)12(18-10)17-5-2/h4,6-7H,3,5H2,1-2H3,(H,15,16)/b6-4-,8-7+. The zero-order chi connectivity index (χ0) is 13.5. The second-order valence-corrected chi connectivity index (χ2v) is 4.12. The number of carbonyl (C=O) groups is 1. The summed E-state index contributed by atoms with van der Waals surface area (Å²) in [5.41, 5.74) is 0.627. The van der Waals surface area contributed by atoms with Crippen molar-refractivity contribution in [1.82, 2.24) is 4.98 Å². The molecule has 0 aromatic carbocycles. The number of carboxylic acids is 1. The largest absolute Gasteiger partial charge is 0.482 e. The van der Waals surface area contributed by atoms with E-state index in [0.717, 1.165) is 0 Å². The van der Waals surface area contributed by atoms with Crippen LogP contribution in [-0.4, -0.2) is 29.4 Å². The lowest BCUT2D eigenvalue weighted by molar-refractivity contribution is 0.0687. The summed E-state index contributed by atoms with van der Waals surface area (Å²) in [5, 5.41) is 9.89. The first-order chi connectivity index (χ1) is 8.63. The van der Waals surface area contributed by atoms with Gasteiger partial charge in [-0.2, -0.15) is 0 Å². The molecular formula is C12H14N2O3S. The van der Waals surface area contributed by atoms with Crippen molar-refractivity contribution in [2.24, 2.45) is 4.99 Å². The minimum atomic E-state index is -1.10. The molecule has 0 fully saturated rings. The van der Waals surface area contributed by atoms with E-state index in [2.05, 4.69) is 16.7 Å².